The Balaban J connectivity index is 2.44. The molecule has 1 atom stereocenters. The minimum absolute atomic E-state index is 0.0375. The summed E-state index contributed by atoms with van der Waals surface area (Å²) in [7, 11) is 1.21. The molecule has 1 amide bonds. The summed E-state index contributed by atoms with van der Waals surface area (Å²) in [5, 5.41) is 9.74. The first-order valence-corrected chi connectivity index (χ1v) is 5.81. The Morgan fingerprint density at radius 1 is 1.44 bits per heavy atom. The Morgan fingerprint density at radius 3 is 2.61 bits per heavy atom. The molecule has 0 bridgehead atoms. The van der Waals surface area contributed by atoms with Crippen molar-refractivity contribution >= 4 is 11.9 Å². The summed E-state index contributed by atoms with van der Waals surface area (Å²) < 4.78 is 9.59. The van der Waals surface area contributed by atoms with Crippen LogP contribution in [0.1, 0.15) is 13.3 Å². The van der Waals surface area contributed by atoms with Crippen molar-refractivity contribution in [2.45, 2.75) is 18.9 Å². The quantitative estimate of drug-likeness (QED) is 0.553. The van der Waals surface area contributed by atoms with Gasteiger partial charge in [-0.2, -0.15) is 0 Å². The molecule has 0 aliphatic carbocycles. The molecule has 0 aromatic carbocycles. The van der Waals surface area contributed by atoms with Crippen LogP contribution in [0.2, 0.25) is 0 Å². The molecule has 0 spiro atoms. The zero-order chi connectivity index (χ0) is 13.6. The molecule has 6 nitrogen and oxygen atoms in total. The Morgan fingerprint density at radius 2 is 2.06 bits per heavy atom. The Kier molecular flexibility index (Phi) is 5.30. The number of hydrogen-bond donors (Lipinski definition) is 1. The van der Waals surface area contributed by atoms with Crippen molar-refractivity contribution in [2.75, 3.05) is 33.4 Å². The van der Waals surface area contributed by atoms with E-state index in [0.717, 1.165) is 0 Å². The maximum atomic E-state index is 11.7. The summed E-state index contributed by atoms with van der Waals surface area (Å²) in [4.78, 5) is 24.6. The van der Waals surface area contributed by atoms with Gasteiger partial charge in [0.1, 0.15) is 0 Å². The van der Waals surface area contributed by atoms with Crippen molar-refractivity contribution in [3.63, 3.8) is 0 Å². The van der Waals surface area contributed by atoms with E-state index in [0.29, 0.717) is 26.3 Å². The van der Waals surface area contributed by atoms with Crippen LogP contribution in [-0.2, 0) is 19.1 Å². The number of ether oxygens (including phenoxy) is 2. The predicted molar refractivity (Wildman–Crippen MR) is 63.8 cm³/mol. The van der Waals surface area contributed by atoms with Crippen molar-refractivity contribution in [3.8, 4) is 0 Å². The highest BCUT2D eigenvalue weighted by Gasteiger charge is 2.29. The van der Waals surface area contributed by atoms with Gasteiger partial charge in [0.25, 0.3) is 0 Å². The number of methoxy groups -OCH3 is 1. The molecule has 1 aliphatic rings. The molecule has 0 saturated carbocycles. The largest absolute Gasteiger partial charge is 0.467 e. The lowest BCUT2D eigenvalue weighted by molar-refractivity contribution is -0.160. The number of carbonyl (C=O) groups is 2. The third-order valence-corrected chi connectivity index (χ3v) is 2.72. The van der Waals surface area contributed by atoms with Gasteiger partial charge >= 0.3 is 5.97 Å². The number of morpholine rings is 1. The Bertz CT molecular complexity index is 331. The Labute approximate surface area is 106 Å². The van der Waals surface area contributed by atoms with Gasteiger partial charge in [-0.05, 0) is 13.0 Å². The van der Waals surface area contributed by atoms with Gasteiger partial charge in [-0.15, -0.1) is 0 Å². The highest BCUT2D eigenvalue weighted by atomic mass is 16.5. The maximum Gasteiger partial charge on any atom is 0.337 e. The smallest absolute Gasteiger partial charge is 0.337 e. The van der Waals surface area contributed by atoms with E-state index in [2.05, 4.69) is 4.74 Å². The summed E-state index contributed by atoms with van der Waals surface area (Å²) in [6.07, 6.45) is 2.88. The summed E-state index contributed by atoms with van der Waals surface area (Å²) in [6.45, 7) is 3.56. The van der Waals surface area contributed by atoms with E-state index in [-0.39, 0.29) is 12.3 Å². The van der Waals surface area contributed by atoms with Gasteiger partial charge in [-0.1, -0.05) is 6.08 Å². The molecule has 1 aliphatic heterocycles. The lowest BCUT2D eigenvalue weighted by atomic mass is 10.0. The van der Waals surface area contributed by atoms with E-state index in [1.54, 1.807) is 4.90 Å². The van der Waals surface area contributed by atoms with Crippen LogP contribution < -0.4 is 0 Å². The van der Waals surface area contributed by atoms with Crippen LogP contribution in [0.5, 0.6) is 0 Å². The summed E-state index contributed by atoms with van der Waals surface area (Å²) in [5.41, 5.74) is -1.60. The van der Waals surface area contributed by atoms with Crippen LogP contribution in [0.25, 0.3) is 0 Å². The fourth-order valence-electron chi connectivity index (χ4n) is 1.58. The molecule has 0 radical (unpaired) electrons. The third-order valence-electron chi connectivity index (χ3n) is 2.72. The second-order valence-electron chi connectivity index (χ2n) is 4.31. The molecule has 0 aromatic rings. The lowest BCUT2D eigenvalue weighted by Gasteiger charge is -2.25. The normalized spacial score (nSPS) is 19.6. The average molecular weight is 257 g/mol. The first-order chi connectivity index (χ1) is 8.47. The van der Waals surface area contributed by atoms with Crippen molar-refractivity contribution in [1.29, 1.82) is 0 Å². The topological polar surface area (TPSA) is 76.1 Å². The van der Waals surface area contributed by atoms with E-state index in [4.69, 9.17) is 4.74 Å². The van der Waals surface area contributed by atoms with Crippen LogP contribution in [-0.4, -0.2) is 60.9 Å². The second kappa shape index (κ2) is 6.51. The van der Waals surface area contributed by atoms with Gasteiger partial charge < -0.3 is 19.5 Å². The van der Waals surface area contributed by atoms with E-state index in [9.17, 15) is 14.7 Å². The lowest BCUT2D eigenvalue weighted by Crippen LogP contribution is -2.40. The molecule has 1 rings (SSSR count). The number of rotatable bonds is 4. The van der Waals surface area contributed by atoms with Crippen molar-refractivity contribution in [2.24, 2.45) is 0 Å². The second-order valence-corrected chi connectivity index (χ2v) is 4.31. The Hall–Kier alpha value is -1.40. The molecule has 1 fully saturated rings. The molecule has 0 aromatic heterocycles. The minimum atomic E-state index is -1.60. The fourth-order valence-corrected chi connectivity index (χ4v) is 1.58. The molecular weight excluding hydrogens is 238 g/mol. The van der Waals surface area contributed by atoms with Gasteiger partial charge in [0.15, 0.2) is 5.60 Å². The SMILES string of the molecule is COC(=O)[C@](C)(O)C/C=C/C(=O)N1CCOCC1. The van der Waals surface area contributed by atoms with E-state index in [1.807, 2.05) is 0 Å². The molecule has 6 heteroatoms. The van der Waals surface area contributed by atoms with Crippen LogP contribution in [0.3, 0.4) is 0 Å². The zero-order valence-corrected chi connectivity index (χ0v) is 10.7. The van der Waals surface area contributed by atoms with E-state index < -0.39 is 11.6 Å². The molecule has 1 N–H and O–H groups in total. The summed E-state index contributed by atoms with van der Waals surface area (Å²) >= 11 is 0. The van der Waals surface area contributed by atoms with Gasteiger partial charge in [0, 0.05) is 19.5 Å². The van der Waals surface area contributed by atoms with Gasteiger partial charge in [-0.25, -0.2) is 4.79 Å². The summed E-state index contributed by atoms with van der Waals surface area (Å²) in [6, 6.07) is 0. The van der Waals surface area contributed by atoms with Crippen LogP contribution in [0.4, 0.5) is 0 Å². The van der Waals surface area contributed by atoms with Gasteiger partial charge in [-0.3, -0.25) is 4.79 Å². The van der Waals surface area contributed by atoms with Crippen LogP contribution in [0, 0.1) is 0 Å². The average Bonchev–Trinajstić information content (AvgIpc) is 2.38. The van der Waals surface area contributed by atoms with E-state index >= 15 is 0 Å². The summed E-state index contributed by atoms with van der Waals surface area (Å²) in [5.74, 6) is -0.857. The molecule has 0 unspecified atom stereocenters. The van der Waals surface area contributed by atoms with Crippen molar-refractivity contribution < 1.29 is 24.2 Å². The third kappa shape index (κ3) is 4.12. The molecular formula is C12H19NO5. The number of nitrogens with zero attached hydrogens (tertiary/aromatic N) is 1. The first kappa shape index (κ1) is 14.7. The standard InChI is InChI=1S/C12H19NO5/c1-12(16,11(15)17-2)5-3-4-10(14)13-6-8-18-9-7-13/h3-4,16H,5-9H2,1-2H3/b4-3+/t12-/m1/s1. The number of esters is 1. The molecule has 102 valence electrons. The first-order valence-electron chi connectivity index (χ1n) is 5.81. The number of carbonyl (C=O) groups excluding carboxylic acids is 2. The molecule has 1 heterocycles. The maximum absolute atomic E-state index is 11.7. The van der Waals surface area contributed by atoms with Crippen LogP contribution in [0.15, 0.2) is 12.2 Å². The fraction of sp³-hybridized carbons (Fsp3) is 0.667. The predicted octanol–water partition coefficient (Wildman–Crippen LogP) is -0.285. The van der Waals surface area contributed by atoms with E-state index in [1.165, 1.54) is 26.2 Å². The van der Waals surface area contributed by atoms with Crippen molar-refractivity contribution in [3.05, 3.63) is 12.2 Å². The molecule has 18 heavy (non-hydrogen) atoms. The zero-order valence-electron chi connectivity index (χ0n) is 10.7. The van der Waals surface area contributed by atoms with Crippen LogP contribution >= 0.6 is 0 Å². The molecule has 1 saturated heterocycles. The number of amides is 1. The van der Waals surface area contributed by atoms with Crippen molar-refractivity contribution in [1.82, 2.24) is 4.90 Å². The monoisotopic (exact) mass is 257 g/mol. The minimum Gasteiger partial charge on any atom is -0.467 e. The highest BCUT2D eigenvalue weighted by Crippen LogP contribution is 2.12. The van der Waals surface area contributed by atoms with Gasteiger partial charge in [0.05, 0.1) is 20.3 Å². The van der Waals surface area contributed by atoms with Gasteiger partial charge in [0.2, 0.25) is 5.91 Å². The number of hydrogen-bond acceptors (Lipinski definition) is 5. The number of aliphatic hydroxyl groups is 1. The highest BCUT2D eigenvalue weighted by molar-refractivity contribution is 5.88.